The number of benzene rings is 2. The monoisotopic (exact) mass is 311 g/mol. The van der Waals surface area contributed by atoms with Crippen molar-refractivity contribution in [2.24, 2.45) is 4.99 Å². The standard InChI is InChI=1S/C17H10FNO4/c18-13-7-5-11(6-8-13)15-19-14(17(22)23-15)9-10-1-3-12(4-2-10)16(20)21/h1-9H,(H,20,21)/b14-9-. The highest BCUT2D eigenvalue weighted by Crippen LogP contribution is 2.19. The number of cyclic esters (lactones) is 1. The second-order valence-electron chi connectivity index (χ2n) is 4.77. The Bertz CT molecular complexity index is 836. The van der Waals surface area contributed by atoms with Crippen molar-refractivity contribution in [3.05, 3.63) is 76.7 Å². The van der Waals surface area contributed by atoms with Gasteiger partial charge < -0.3 is 9.84 Å². The lowest BCUT2D eigenvalue weighted by Gasteiger charge is -1.98. The first-order valence-electron chi connectivity index (χ1n) is 6.65. The fourth-order valence-electron chi connectivity index (χ4n) is 2.00. The molecule has 0 atom stereocenters. The van der Waals surface area contributed by atoms with E-state index in [0.717, 1.165) is 0 Å². The number of esters is 1. The van der Waals surface area contributed by atoms with Crippen LogP contribution in [0.15, 0.2) is 59.2 Å². The number of halogens is 1. The van der Waals surface area contributed by atoms with Crippen molar-refractivity contribution in [2.45, 2.75) is 0 Å². The fraction of sp³-hybridized carbons (Fsp3) is 0. The predicted octanol–water partition coefficient (Wildman–Crippen LogP) is 2.87. The molecule has 5 nitrogen and oxygen atoms in total. The summed E-state index contributed by atoms with van der Waals surface area (Å²) in [6.45, 7) is 0. The van der Waals surface area contributed by atoms with Gasteiger partial charge in [0.1, 0.15) is 5.82 Å². The summed E-state index contributed by atoms with van der Waals surface area (Å²) in [5, 5.41) is 8.84. The molecule has 2 aromatic rings. The Morgan fingerprint density at radius 2 is 1.74 bits per heavy atom. The summed E-state index contributed by atoms with van der Waals surface area (Å²) in [5.41, 5.74) is 1.35. The molecule has 0 aliphatic carbocycles. The van der Waals surface area contributed by atoms with E-state index in [2.05, 4.69) is 4.99 Å². The van der Waals surface area contributed by atoms with Crippen LogP contribution in [0.2, 0.25) is 0 Å². The lowest BCUT2D eigenvalue weighted by Crippen LogP contribution is -2.05. The molecule has 2 aromatic carbocycles. The largest absolute Gasteiger partial charge is 0.478 e. The highest BCUT2D eigenvalue weighted by molar-refractivity contribution is 6.12. The van der Waals surface area contributed by atoms with E-state index in [9.17, 15) is 14.0 Å². The number of carboxylic acid groups (broad SMARTS) is 1. The first-order valence-corrected chi connectivity index (χ1v) is 6.65. The van der Waals surface area contributed by atoms with Crippen LogP contribution in [-0.4, -0.2) is 22.9 Å². The number of carbonyl (C=O) groups excluding carboxylic acids is 1. The van der Waals surface area contributed by atoms with Gasteiger partial charge in [0.2, 0.25) is 5.90 Å². The van der Waals surface area contributed by atoms with Crippen molar-refractivity contribution in [1.29, 1.82) is 0 Å². The molecule has 0 aromatic heterocycles. The number of ether oxygens (including phenoxy) is 1. The quantitative estimate of drug-likeness (QED) is 0.698. The average Bonchev–Trinajstić information content (AvgIpc) is 2.89. The number of hydrogen-bond acceptors (Lipinski definition) is 4. The first kappa shape index (κ1) is 14.6. The van der Waals surface area contributed by atoms with E-state index in [1.165, 1.54) is 42.5 Å². The number of rotatable bonds is 3. The Labute approximate surface area is 130 Å². The van der Waals surface area contributed by atoms with E-state index in [-0.39, 0.29) is 17.2 Å². The molecule has 0 saturated heterocycles. The maximum Gasteiger partial charge on any atom is 0.363 e. The maximum atomic E-state index is 12.9. The molecular weight excluding hydrogens is 301 g/mol. The van der Waals surface area contributed by atoms with Gasteiger partial charge in [-0.2, -0.15) is 0 Å². The van der Waals surface area contributed by atoms with Crippen LogP contribution >= 0.6 is 0 Å². The number of hydrogen-bond donors (Lipinski definition) is 1. The summed E-state index contributed by atoms with van der Waals surface area (Å²) < 4.78 is 18.0. The Morgan fingerprint density at radius 1 is 1.09 bits per heavy atom. The highest BCUT2D eigenvalue weighted by atomic mass is 19.1. The summed E-state index contributed by atoms with van der Waals surface area (Å²) in [6.07, 6.45) is 1.49. The Morgan fingerprint density at radius 3 is 2.35 bits per heavy atom. The normalized spacial score (nSPS) is 15.4. The molecule has 3 rings (SSSR count). The van der Waals surface area contributed by atoms with E-state index >= 15 is 0 Å². The number of aliphatic imine (C=N–C) groups is 1. The zero-order valence-electron chi connectivity index (χ0n) is 11.7. The smallest absolute Gasteiger partial charge is 0.363 e. The van der Waals surface area contributed by atoms with Crippen molar-refractivity contribution in [1.82, 2.24) is 0 Å². The van der Waals surface area contributed by atoms with Crippen molar-refractivity contribution in [3.8, 4) is 0 Å². The molecule has 0 radical (unpaired) electrons. The number of aromatic carboxylic acids is 1. The van der Waals surface area contributed by atoms with Crippen LogP contribution in [0.4, 0.5) is 4.39 Å². The third-order valence-electron chi connectivity index (χ3n) is 3.17. The van der Waals surface area contributed by atoms with Gasteiger partial charge in [0, 0.05) is 5.56 Å². The van der Waals surface area contributed by atoms with Gasteiger partial charge in [-0.15, -0.1) is 0 Å². The molecular formula is C17H10FNO4. The van der Waals surface area contributed by atoms with Crippen molar-refractivity contribution in [3.63, 3.8) is 0 Å². The van der Waals surface area contributed by atoms with Gasteiger partial charge in [-0.1, -0.05) is 12.1 Å². The molecule has 1 heterocycles. The number of carbonyl (C=O) groups is 2. The van der Waals surface area contributed by atoms with Gasteiger partial charge in [0.15, 0.2) is 5.70 Å². The van der Waals surface area contributed by atoms with E-state index in [0.29, 0.717) is 11.1 Å². The zero-order valence-corrected chi connectivity index (χ0v) is 11.7. The van der Waals surface area contributed by atoms with Crippen LogP contribution in [0.5, 0.6) is 0 Å². The lowest BCUT2D eigenvalue weighted by molar-refractivity contribution is -0.129. The minimum absolute atomic E-state index is 0.0902. The predicted molar refractivity (Wildman–Crippen MR) is 80.4 cm³/mol. The Hall–Kier alpha value is -3.28. The SMILES string of the molecule is O=C1OC(c2ccc(F)cc2)=N/C1=C\c1ccc(C(=O)O)cc1. The van der Waals surface area contributed by atoms with Crippen LogP contribution in [-0.2, 0) is 9.53 Å². The number of nitrogens with zero attached hydrogens (tertiary/aromatic N) is 1. The summed E-state index contributed by atoms with van der Waals surface area (Å²) in [7, 11) is 0. The summed E-state index contributed by atoms with van der Waals surface area (Å²) in [6, 6.07) is 11.4. The van der Waals surface area contributed by atoms with Crippen LogP contribution in [0.1, 0.15) is 21.5 Å². The molecule has 1 N–H and O–H groups in total. The molecule has 0 unspecified atom stereocenters. The highest BCUT2D eigenvalue weighted by Gasteiger charge is 2.24. The molecule has 0 amide bonds. The van der Waals surface area contributed by atoms with E-state index in [1.807, 2.05) is 0 Å². The zero-order chi connectivity index (χ0) is 16.4. The molecule has 0 saturated carbocycles. The van der Waals surface area contributed by atoms with Crippen molar-refractivity contribution < 1.29 is 23.8 Å². The first-order chi connectivity index (χ1) is 11.0. The van der Waals surface area contributed by atoms with E-state index in [4.69, 9.17) is 9.84 Å². The van der Waals surface area contributed by atoms with Crippen molar-refractivity contribution in [2.75, 3.05) is 0 Å². The summed E-state index contributed by atoms with van der Waals surface area (Å²) >= 11 is 0. The third-order valence-corrected chi connectivity index (χ3v) is 3.17. The maximum absolute atomic E-state index is 12.9. The molecule has 23 heavy (non-hydrogen) atoms. The van der Waals surface area contributed by atoms with Gasteiger partial charge in [-0.05, 0) is 48.0 Å². The minimum Gasteiger partial charge on any atom is -0.478 e. The lowest BCUT2D eigenvalue weighted by atomic mass is 10.1. The second-order valence-corrected chi connectivity index (χ2v) is 4.77. The van der Waals surface area contributed by atoms with Crippen molar-refractivity contribution >= 4 is 23.9 Å². The fourth-order valence-corrected chi connectivity index (χ4v) is 2.00. The van der Waals surface area contributed by atoms with E-state index < -0.39 is 17.8 Å². The topological polar surface area (TPSA) is 76.0 Å². The Balaban J connectivity index is 1.88. The van der Waals surface area contributed by atoms with Gasteiger partial charge in [-0.3, -0.25) is 0 Å². The molecule has 1 aliphatic heterocycles. The molecule has 6 heteroatoms. The molecule has 114 valence electrons. The van der Waals surface area contributed by atoms with Gasteiger partial charge in [0.25, 0.3) is 0 Å². The van der Waals surface area contributed by atoms with Crippen LogP contribution < -0.4 is 0 Å². The Kier molecular flexibility index (Phi) is 3.72. The van der Waals surface area contributed by atoms with Gasteiger partial charge in [0.05, 0.1) is 5.56 Å². The summed E-state index contributed by atoms with van der Waals surface area (Å²) in [5.74, 6) is -1.94. The molecule has 0 bridgehead atoms. The molecule has 0 fully saturated rings. The van der Waals surface area contributed by atoms with E-state index in [1.54, 1.807) is 12.1 Å². The molecule has 0 spiro atoms. The molecule has 1 aliphatic rings. The van der Waals surface area contributed by atoms with Crippen LogP contribution in [0, 0.1) is 5.82 Å². The second kappa shape index (κ2) is 5.84. The number of carboxylic acids is 1. The van der Waals surface area contributed by atoms with Gasteiger partial charge >= 0.3 is 11.9 Å². The summed E-state index contributed by atoms with van der Waals surface area (Å²) in [4.78, 5) is 26.7. The van der Waals surface area contributed by atoms with Crippen LogP contribution in [0.25, 0.3) is 6.08 Å². The van der Waals surface area contributed by atoms with Crippen LogP contribution in [0.3, 0.4) is 0 Å². The van der Waals surface area contributed by atoms with Gasteiger partial charge in [-0.25, -0.2) is 19.0 Å². The average molecular weight is 311 g/mol. The minimum atomic E-state index is -1.03. The third kappa shape index (κ3) is 3.16.